The minimum atomic E-state index is 0.655. The molecule has 90 valence electrons. The van der Waals surface area contributed by atoms with Crippen LogP contribution in [0.5, 0.6) is 0 Å². The van der Waals surface area contributed by atoms with Gasteiger partial charge in [-0.1, -0.05) is 40.2 Å². The lowest BCUT2D eigenvalue weighted by Gasteiger charge is -2.07. The zero-order chi connectivity index (χ0) is 12.8. The van der Waals surface area contributed by atoms with Crippen molar-refractivity contribution in [2.75, 3.05) is 4.72 Å². The van der Waals surface area contributed by atoms with E-state index in [1.807, 2.05) is 18.2 Å². The average molecular weight is 319 g/mol. The number of nitriles is 1. The van der Waals surface area contributed by atoms with Crippen LogP contribution < -0.4 is 4.72 Å². The number of para-hydroxylation sites is 1. The molecule has 0 aliphatic carbocycles. The fraction of sp³-hybridized carbons (Fsp3) is 0.0714. The number of rotatable bonds is 4. The fourth-order valence-corrected chi connectivity index (χ4v) is 2.48. The van der Waals surface area contributed by atoms with Crippen molar-refractivity contribution in [3.8, 4) is 6.07 Å². The van der Waals surface area contributed by atoms with Crippen LogP contribution in [-0.4, -0.2) is 0 Å². The first-order chi connectivity index (χ1) is 8.83. The maximum atomic E-state index is 8.98. The maximum absolute atomic E-state index is 8.98. The van der Waals surface area contributed by atoms with Gasteiger partial charge in [0.25, 0.3) is 0 Å². The van der Waals surface area contributed by atoms with E-state index in [0.29, 0.717) is 5.56 Å². The number of benzene rings is 2. The van der Waals surface area contributed by atoms with Crippen molar-refractivity contribution >= 4 is 33.6 Å². The Morgan fingerprint density at radius 2 is 1.83 bits per heavy atom. The second-order valence-corrected chi connectivity index (χ2v) is 5.08. The van der Waals surface area contributed by atoms with Gasteiger partial charge in [0.1, 0.15) is 6.07 Å². The molecule has 0 saturated carbocycles. The number of hydrogen-bond donors (Lipinski definition) is 1. The number of nitrogens with one attached hydrogen (secondary N) is 1. The smallest absolute Gasteiger partial charge is 0.101 e. The second-order valence-electron chi connectivity index (χ2n) is 3.64. The highest BCUT2D eigenvalue weighted by atomic mass is 79.9. The topological polar surface area (TPSA) is 35.8 Å². The molecule has 0 bridgehead atoms. The first-order valence-electron chi connectivity index (χ1n) is 5.40. The lowest BCUT2D eigenvalue weighted by atomic mass is 10.2. The molecule has 4 heteroatoms. The normalized spacial score (nSPS) is 9.78. The summed E-state index contributed by atoms with van der Waals surface area (Å²) in [5, 5.41) is 9.84. The first-order valence-corrected chi connectivity index (χ1v) is 7.34. The Balaban J connectivity index is 2.05. The Hall–Kier alpha value is -1.44. The van der Waals surface area contributed by atoms with Crippen molar-refractivity contribution in [3.05, 3.63) is 59.7 Å². The molecule has 0 spiro atoms. The largest absolute Gasteiger partial charge is 0.324 e. The standard InChI is InChI=1S/C14H11BrN2S/c15-9-11-5-7-13(8-6-11)18-17-14-4-2-1-3-12(14)10-16/h1-8,17H,9H2. The molecule has 18 heavy (non-hydrogen) atoms. The zero-order valence-electron chi connectivity index (χ0n) is 9.56. The van der Waals surface area contributed by atoms with E-state index in [4.69, 9.17) is 5.26 Å². The van der Waals surface area contributed by atoms with Gasteiger partial charge in [-0.2, -0.15) is 5.26 Å². The maximum Gasteiger partial charge on any atom is 0.101 e. The van der Waals surface area contributed by atoms with E-state index in [2.05, 4.69) is 51.0 Å². The molecular formula is C14H11BrN2S. The summed E-state index contributed by atoms with van der Waals surface area (Å²) in [6.07, 6.45) is 0. The summed E-state index contributed by atoms with van der Waals surface area (Å²) in [6.45, 7) is 0. The molecule has 0 radical (unpaired) electrons. The lowest BCUT2D eigenvalue weighted by molar-refractivity contribution is 1.36. The van der Waals surface area contributed by atoms with Crippen LogP contribution in [0.1, 0.15) is 11.1 Å². The van der Waals surface area contributed by atoms with Crippen LogP contribution in [0.2, 0.25) is 0 Å². The molecule has 0 unspecified atom stereocenters. The molecule has 0 aliphatic heterocycles. The van der Waals surface area contributed by atoms with Crippen LogP contribution >= 0.6 is 27.9 Å². The number of halogens is 1. The van der Waals surface area contributed by atoms with E-state index in [-0.39, 0.29) is 0 Å². The van der Waals surface area contributed by atoms with Crippen molar-refractivity contribution in [2.24, 2.45) is 0 Å². The third-order valence-electron chi connectivity index (χ3n) is 2.40. The zero-order valence-corrected chi connectivity index (χ0v) is 12.0. The van der Waals surface area contributed by atoms with Crippen molar-refractivity contribution in [3.63, 3.8) is 0 Å². The molecule has 0 aliphatic rings. The van der Waals surface area contributed by atoms with Crippen molar-refractivity contribution in [1.82, 2.24) is 0 Å². The van der Waals surface area contributed by atoms with Gasteiger partial charge in [0.2, 0.25) is 0 Å². The van der Waals surface area contributed by atoms with Gasteiger partial charge >= 0.3 is 0 Å². The van der Waals surface area contributed by atoms with Crippen LogP contribution in [0, 0.1) is 11.3 Å². The third kappa shape index (κ3) is 3.28. The summed E-state index contributed by atoms with van der Waals surface area (Å²) in [6, 6.07) is 17.9. The van der Waals surface area contributed by atoms with E-state index < -0.39 is 0 Å². The molecule has 0 atom stereocenters. The van der Waals surface area contributed by atoms with E-state index in [1.54, 1.807) is 6.07 Å². The van der Waals surface area contributed by atoms with Crippen LogP contribution in [0.4, 0.5) is 5.69 Å². The van der Waals surface area contributed by atoms with Gasteiger partial charge in [-0.05, 0) is 41.8 Å². The molecule has 2 rings (SSSR count). The molecule has 0 amide bonds. The molecule has 2 aromatic carbocycles. The molecule has 1 N–H and O–H groups in total. The molecular weight excluding hydrogens is 308 g/mol. The van der Waals surface area contributed by atoms with Gasteiger partial charge < -0.3 is 4.72 Å². The number of alkyl halides is 1. The lowest BCUT2D eigenvalue weighted by Crippen LogP contribution is -1.90. The Morgan fingerprint density at radius 3 is 2.50 bits per heavy atom. The van der Waals surface area contributed by atoms with Gasteiger partial charge in [0.15, 0.2) is 0 Å². The number of nitrogens with zero attached hydrogens (tertiary/aromatic N) is 1. The first kappa shape index (κ1) is 13.0. The Bertz CT molecular complexity index is 561. The summed E-state index contributed by atoms with van der Waals surface area (Å²) in [5.74, 6) is 0. The monoisotopic (exact) mass is 318 g/mol. The van der Waals surface area contributed by atoms with E-state index in [1.165, 1.54) is 17.5 Å². The van der Waals surface area contributed by atoms with Gasteiger partial charge in [-0.15, -0.1) is 0 Å². The molecule has 2 nitrogen and oxygen atoms in total. The van der Waals surface area contributed by atoms with E-state index >= 15 is 0 Å². The fourth-order valence-electron chi connectivity index (χ4n) is 1.43. The van der Waals surface area contributed by atoms with Crippen LogP contribution in [0.3, 0.4) is 0 Å². The van der Waals surface area contributed by atoms with E-state index in [0.717, 1.165) is 15.9 Å². The van der Waals surface area contributed by atoms with Crippen LogP contribution in [0.25, 0.3) is 0 Å². The van der Waals surface area contributed by atoms with Gasteiger partial charge in [0, 0.05) is 10.2 Å². The SMILES string of the molecule is N#Cc1ccccc1NSc1ccc(CBr)cc1. The highest BCUT2D eigenvalue weighted by Gasteiger charge is 2.00. The summed E-state index contributed by atoms with van der Waals surface area (Å²) in [5.41, 5.74) is 2.74. The minimum Gasteiger partial charge on any atom is -0.324 e. The van der Waals surface area contributed by atoms with Gasteiger partial charge in [-0.3, -0.25) is 0 Å². The summed E-state index contributed by atoms with van der Waals surface area (Å²) < 4.78 is 3.20. The molecule has 0 saturated heterocycles. The third-order valence-corrected chi connectivity index (χ3v) is 3.88. The molecule has 2 aromatic rings. The van der Waals surface area contributed by atoms with Gasteiger partial charge in [-0.25, -0.2) is 0 Å². The highest BCUT2D eigenvalue weighted by Crippen LogP contribution is 2.24. The average Bonchev–Trinajstić information content (AvgIpc) is 2.46. The second kappa shape index (κ2) is 6.48. The predicted octanol–water partition coefficient (Wildman–Crippen LogP) is 4.57. The van der Waals surface area contributed by atoms with Crippen molar-refractivity contribution < 1.29 is 0 Å². The number of anilines is 1. The summed E-state index contributed by atoms with van der Waals surface area (Å²) in [4.78, 5) is 1.12. The van der Waals surface area contributed by atoms with Crippen molar-refractivity contribution in [2.45, 2.75) is 10.2 Å². The Labute approximate surface area is 119 Å². The minimum absolute atomic E-state index is 0.655. The predicted molar refractivity (Wildman–Crippen MR) is 79.7 cm³/mol. The van der Waals surface area contributed by atoms with Crippen molar-refractivity contribution in [1.29, 1.82) is 5.26 Å². The summed E-state index contributed by atoms with van der Waals surface area (Å²) >= 11 is 4.92. The Kier molecular flexibility index (Phi) is 4.68. The Morgan fingerprint density at radius 1 is 1.11 bits per heavy atom. The highest BCUT2D eigenvalue weighted by molar-refractivity contribution is 9.08. The molecule has 0 heterocycles. The molecule has 0 fully saturated rings. The van der Waals surface area contributed by atoms with Crippen LogP contribution in [-0.2, 0) is 5.33 Å². The quantitative estimate of drug-likeness (QED) is 0.662. The number of hydrogen-bond acceptors (Lipinski definition) is 3. The molecule has 0 aromatic heterocycles. The van der Waals surface area contributed by atoms with Crippen LogP contribution in [0.15, 0.2) is 53.4 Å². The van der Waals surface area contributed by atoms with Gasteiger partial charge in [0.05, 0.1) is 11.3 Å². The van der Waals surface area contributed by atoms with E-state index in [9.17, 15) is 0 Å². The summed E-state index contributed by atoms with van der Waals surface area (Å²) in [7, 11) is 0.